The molecule has 2 aromatic carbocycles. The molecule has 0 aromatic heterocycles. The van der Waals surface area contributed by atoms with Crippen molar-refractivity contribution in [2.24, 2.45) is 0 Å². The van der Waals surface area contributed by atoms with E-state index in [1.807, 2.05) is 37.3 Å². The van der Waals surface area contributed by atoms with Crippen molar-refractivity contribution in [3.63, 3.8) is 0 Å². The number of aliphatic hydroxyl groups is 1. The highest BCUT2D eigenvalue weighted by Gasteiger charge is 2.15. The molecule has 2 aromatic rings. The lowest BCUT2D eigenvalue weighted by Gasteiger charge is -2.22. The number of nitrogens with one attached hydrogen (secondary N) is 1. The summed E-state index contributed by atoms with van der Waals surface area (Å²) in [7, 11) is 0. The van der Waals surface area contributed by atoms with Gasteiger partial charge in [0, 0.05) is 6.04 Å². The van der Waals surface area contributed by atoms with Gasteiger partial charge in [-0.25, -0.2) is 4.39 Å². The second-order valence-corrected chi connectivity index (χ2v) is 5.11. The molecule has 106 valence electrons. The molecule has 4 heteroatoms. The average molecular weight is 294 g/mol. The van der Waals surface area contributed by atoms with Gasteiger partial charge < -0.3 is 10.4 Å². The minimum Gasteiger partial charge on any atom is -0.394 e. The van der Waals surface area contributed by atoms with E-state index < -0.39 is 5.82 Å². The maximum atomic E-state index is 13.2. The molecule has 2 nitrogen and oxygen atoms in total. The largest absolute Gasteiger partial charge is 0.394 e. The van der Waals surface area contributed by atoms with Crippen molar-refractivity contribution in [2.75, 3.05) is 6.61 Å². The molecule has 0 aliphatic heterocycles. The number of halogens is 2. The fourth-order valence-corrected chi connectivity index (χ4v) is 2.31. The Balaban J connectivity index is 2.13. The van der Waals surface area contributed by atoms with Crippen LogP contribution >= 0.6 is 11.6 Å². The normalized spacial score (nSPS) is 14.0. The highest BCUT2D eigenvalue weighted by Crippen LogP contribution is 2.23. The lowest BCUT2D eigenvalue weighted by molar-refractivity contribution is 0.235. The van der Waals surface area contributed by atoms with E-state index in [4.69, 9.17) is 11.6 Å². The first-order valence-corrected chi connectivity index (χ1v) is 6.86. The summed E-state index contributed by atoms with van der Waals surface area (Å²) in [5.41, 5.74) is 1.89. The van der Waals surface area contributed by atoms with E-state index in [0.717, 1.165) is 11.1 Å². The van der Waals surface area contributed by atoms with Crippen molar-refractivity contribution < 1.29 is 9.50 Å². The third-order valence-corrected chi connectivity index (χ3v) is 3.57. The zero-order chi connectivity index (χ0) is 14.5. The van der Waals surface area contributed by atoms with E-state index in [0.29, 0.717) is 0 Å². The van der Waals surface area contributed by atoms with Gasteiger partial charge in [-0.15, -0.1) is 0 Å². The van der Waals surface area contributed by atoms with Crippen LogP contribution in [0.25, 0.3) is 0 Å². The number of aliphatic hydroxyl groups excluding tert-OH is 1. The molecule has 0 aliphatic carbocycles. The van der Waals surface area contributed by atoms with E-state index in [1.165, 1.54) is 6.07 Å². The highest BCUT2D eigenvalue weighted by atomic mass is 35.5. The van der Waals surface area contributed by atoms with E-state index in [1.54, 1.807) is 12.1 Å². The van der Waals surface area contributed by atoms with Gasteiger partial charge in [0.05, 0.1) is 17.7 Å². The van der Waals surface area contributed by atoms with Gasteiger partial charge >= 0.3 is 0 Å². The zero-order valence-corrected chi connectivity index (χ0v) is 11.9. The molecule has 20 heavy (non-hydrogen) atoms. The molecule has 2 rings (SSSR count). The Morgan fingerprint density at radius 3 is 2.45 bits per heavy atom. The maximum absolute atomic E-state index is 13.2. The summed E-state index contributed by atoms with van der Waals surface area (Å²) < 4.78 is 13.2. The number of hydrogen-bond donors (Lipinski definition) is 2. The van der Waals surface area contributed by atoms with Crippen molar-refractivity contribution in [3.05, 3.63) is 70.5 Å². The molecule has 0 saturated heterocycles. The highest BCUT2D eigenvalue weighted by molar-refractivity contribution is 6.30. The van der Waals surface area contributed by atoms with Crippen molar-refractivity contribution in [3.8, 4) is 0 Å². The first kappa shape index (κ1) is 15.0. The molecule has 0 saturated carbocycles. The minimum absolute atomic E-state index is 0.0106. The summed E-state index contributed by atoms with van der Waals surface area (Å²) in [6.45, 7) is 1.94. The predicted octanol–water partition coefficient (Wildman–Crippen LogP) is 3.86. The van der Waals surface area contributed by atoms with Crippen LogP contribution in [0.1, 0.15) is 30.1 Å². The lowest BCUT2D eigenvalue weighted by Crippen LogP contribution is -2.27. The summed E-state index contributed by atoms with van der Waals surface area (Å²) in [6, 6.07) is 14.1. The summed E-state index contributed by atoms with van der Waals surface area (Å²) in [5.74, 6) is -0.426. The second-order valence-electron chi connectivity index (χ2n) is 4.71. The Bertz CT molecular complexity index is 562. The van der Waals surface area contributed by atoms with Gasteiger partial charge in [0.2, 0.25) is 0 Å². The van der Waals surface area contributed by atoms with E-state index in [2.05, 4.69) is 5.32 Å². The van der Waals surface area contributed by atoms with Crippen LogP contribution in [-0.2, 0) is 0 Å². The van der Waals surface area contributed by atoms with E-state index in [-0.39, 0.29) is 23.7 Å². The zero-order valence-electron chi connectivity index (χ0n) is 11.2. The van der Waals surface area contributed by atoms with Crippen molar-refractivity contribution in [1.29, 1.82) is 0 Å². The summed E-state index contributed by atoms with van der Waals surface area (Å²) in [6.07, 6.45) is 0. The Morgan fingerprint density at radius 2 is 1.85 bits per heavy atom. The third kappa shape index (κ3) is 3.57. The Kier molecular flexibility index (Phi) is 5.12. The Hall–Kier alpha value is -1.42. The molecule has 0 fully saturated rings. The topological polar surface area (TPSA) is 32.3 Å². The van der Waals surface area contributed by atoms with Gasteiger partial charge in [-0.1, -0.05) is 48.0 Å². The number of rotatable bonds is 5. The molecule has 0 aliphatic rings. The molecular formula is C16H17ClFNO. The first-order valence-electron chi connectivity index (χ1n) is 6.48. The summed E-state index contributed by atoms with van der Waals surface area (Å²) >= 11 is 5.79. The van der Waals surface area contributed by atoms with Gasteiger partial charge in [-0.2, -0.15) is 0 Å². The predicted molar refractivity (Wildman–Crippen MR) is 79.2 cm³/mol. The molecule has 2 atom stereocenters. The van der Waals surface area contributed by atoms with Gasteiger partial charge in [-0.3, -0.25) is 0 Å². The molecule has 0 heterocycles. The van der Waals surface area contributed by atoms with Gasteiger partial charge in [0.25, 0.3) is 0 Å². The summed E-state index contributed by atoms with van der Waals surface area (Å²) in [5, 5.41) is 12.9. The quantitative estimate of drug-likeness (QED) is 0.877. The molecule has 2 unspecified atom stereocenters. The van der Waals surface area contributed by atoms with Crippen molar-refractivity contribution >= 4 is 11.6 Å². The van der Waals surface area contributed by atoms with E-state index >= 15 is 0 Å². The standard InChI is InChI=1S/C16H17ClFNO/c1-11(13-7-8-15(18)14(17)9-13)19-16(10-20)12-5-3-2-4-6-12/h2-9,11,16,19-20H,10H2,1H3. The molecule has 0 amide bonds. The van der Waals surface area contributed by atoms with Crippen LogP contribution in [0.15, 0.2) is 48.5 Å². The molecule has 0 spiro atoms. The number of benzene rings is 2. The van der Waals surface area contributed by atoms with Crippen LogP contribution in [0.2, 0.25) is 5.02 Å². The SMILES string of the molecule is CC(NC(CO)c1ccccc1)c1ccc(F)c(Cl)c1. The molecule has 0 radical (unpaired) electrons. The van der Waals surface area contributed by atoms with Gasteiger partial charge in [0.15, 0.2) is 0 Å². The van der Waals surface area contributed by atoms with Gasteiger partial charge in [-0.05, 0) is 30.2 Å². The molecular weight excluding hydrogens is 277 g/mol. The first-order chi connectivity index (χ1) is 9.61. The monoisotopic (exact) mass is 293 g/mol. The van der Waals surface area contributed by atoms with Crippen LogP contribution in [0.4, 0.5) is 4.39 Å². The van der Waals surface area contributed by atoms with Crippen LogP contribution in [0.5, 0.6) is 0 Å². The molecule has 0 bridgehead atoms. The average Bonchev–Trinajstić information content (AvgIpc) is 2.48. The maximum Gasteiger partial charge on any atom is 0.141 e. The second kappa shape index (κ2) is 6.84. The van der Waals surface area contributed by atoms with Crippen LogP contribution in [0.3, 0.4) is 0 Å². The van der Waals surface area contributed by atoms with Crippen molar-refractivity contribution in [2.45, 2.75) is 19.0 Å². The lowest BCUT2D eigenvalue weighted by atomic mass is 10.0. The van der Waals surface area contributed by atoms with Crippen LogP contribution in [-0.4, -0.2) is 11.7 Å². The Morgan fingerprint density at radius 1 is 1.15 bits per heavy atom. The van der Waals surface area contributed by atoms with Crippen molar-refractivity contribution in [1.82, 2.24) is 5.32 Å². The van der Waals surface area contributed by atoms with Crippen LogP contribution in [0, 0.1) is 5.82 Å². The smallest absolute Gasteiger partial charge is 0.141 e. The summed E-state index contributed by atoms with van der Waals surface area (Å²) in [4.78, 5) is 0. The van der Waals surface area contributed by atoms with Gasteiger partial charge in [0.1, 0.15) is 5.82 Å². The minimum atomic E-state index is -0.426. The Labute approximate surface area is 123 Å². The molecule has 2 N–H and O–H groups in total. The number of hydrogen-bond acceptors (Lipinski definition) is 2. The van der Waals surface area contributed by atoms with Crippen LogP contribution < -0.4 is 5.32 Å². The van der Waals surface area contributed by atoms with E-state index in [9.17, 15) is 9.50 Å². The fraction of sp³-hybridized carbons (Fsp3) is 0.250. The third-order valence-electron chi connectivity index (χ3n) is 3.28. The fourth-order valence-electron chi connectivity index (χ4n) is 2.12.